The number of nitrogens with zero attached hydrogens (tertiary/aromatic N) is 1. The number of nitrogens with one attached hydrogen (secondary N) is 1. The SMILES string of the molecule is N#CC1(NS(=O)(=O)C2CC2)CCCCCCC1. The van der Waals surface area contributed by atoms with Gasteiger partial charge in [-0.05, 0) is 25.7 Å². The van der Waals surface area contributed by atoms with E-state index in [1.807, 2.05) is 0 Å². The molecule has 5 heteroatoms. The molecule has 2 aliphatic carbocycles. The second kappa shape index (κ2) is 4.95. The van der Waals surface area contributed by atoms with E-state index in [9.17, 15) is 13.7 Å². The lowest BCUT2D eigenvalue weighted by Crippen LogP contribution is -2.48. The number of nitriles is 1. The lowest BCUT2D eigenvalue weighted by molar-refractivity contribution is 0.357. The molecule has 4 nitrogen and oxygen atoms in total. The normalized spacial score (nSPS) is 25.6. The Labute approximate surface area is 103 Å². The number of hydrogen-bond acceptors (Lipinski definition) is 3. The second-order valence-corrected chi connectivity index (χ2v) is 7.27. The summed E-state index contributed by atoms with van der Waals surface area (Å²) in [6.45, 7) is 0. The number of rotatable bonds is 3. The van der Waals surface area contributed by atoms with Crippen LogP contribution in [0.3, 0.4) is 0 Å². The average Bonchev–Trinajstić information content (AvgIpc) is 3.06. The molecule has 0 aromatic carbocycles. The standard InChI is InChI=1S/C12H20N2O2S/c13-10-12(8-4-2-1-3-5-9-12)14-17(15,16)11-6-7-11/h11,14H,1-9H2. The highest BCUT2D eigenvalue weighted by atomic mass is 32.2. The first kappa shape index (κ1) is 12.8. The molecule has 1 N–H and O–H groups in total. The van der Waals surface area contributed by atoms with E-state index < -0.39 is 15.6 Å². The third-order valence-electron chi connectivity index (χ3n) is 3.72. The molecule has 0 spiro atoms. The molecule has 0 amide bonds. The molecule has 0 bridgehead atoms. The van der Waals surface area contributed by atoms with Crippen LogP contribution in [0.25, 0.3) is 0 Å². The molecule has 0 radical (unpaired) electrons. The predicted octanol–water partition coefficient (Wildman–Crippen LogP) is 2.07. The summed E-state index contributed by atoms with van der Waals surface area (Å²) in [6.07, 6.45) is 8.13. The highest BCUT2D eigenvalue weighted by molar-refractivity contribution is 7.90. The van der Waals surface area contributed by atoms with Gasteiger partial charge >= 0.3 is 0 Å². The van der Waals surface area contributed by atoms with Gasteiger partial charge < -0.3 is 0 Å². The maximum absolute atomic E-state index is 12.0. The largest absolute Gasteiger partial charge is 0.215 e. The zero-order chi connectivity index (χ0) is 12.4. The summed E-state index contributed by atoms with van der Waals surface area (Å²) in [5.41, 5.74) is -0.832. The molecular formula is C12H20N2O2S. The van der Waals surface area contributed by atoms with Gasteiger partial charge in [-0.1, -0.05) is 32.1 Å². The van der Waals surface area contributed by atoms with Crippen molar-refractivity contribution in [3.05, 3.63) is 0 Å². The molecule has 0 atom stereocenters. The van der Waals surface area contributed by atoms with Gasteiger partial charge in [-0.25, -0.2) is 8.42 Å². The quantitative estimate of drug-likeness (QED) is 0.840. The highest BCUT2D eigenvalue weighted by Crippen LogP contribution is 2.32. The summed E-state index contributed by atoms with van der Waals surface area (Å²) in [5, 5.41) is 9.11. The molecule has 2 rings (SSSR count). The smallest absolute Gasteiger partial charge is 0.212 e. The molecule has 0 aliphatic heterocycles. The third-order valence-corrected chi connectivity index (χ3v) is 5.75. The van der Waals surface area contributed by atoms with Crippen LogP contribution >= 0.6 is 0 Å². The minimum atomic E-state index is -3.26. The third kappa shape index (κ3) is 3.20. The lowest BCUT2D eigenvalue weighted by Gasteiger charge is -2.29. The van der Waals surface area contributed by atoms with Crippen molar-refractivity contribution in [3.63, 3.8) is 0 Å². The molecule has 2 aliphatic rings. The molecule has 0 saturated heterocycles. The zero-order valence-electron chi connectivity index (χ0n) is 10.1. The summed E-state index contributed by atoms with van der Waals surface area (Å²) in [4.78, 5) is 0. The average molecular weight is 256 g/mol. The Morgan fingerprint density at radius 2 is 1.59 bits per heavy atom. The topological polar surface area (TPSA) is 70.0 Å². The van der Waals surface area contributed by atoms with Gasteiger partial charge in [-0.15, -0.1) is 0 Å². The van der Waals surface area contributed by atoms with Crippen LogP contribution in [-0.2, 0) is 10.0 Å². The second-order valence-electron chi connectivity index (χ2n) is 5.31. The van der Waals surface area contributed by atoms with Gasteiger partial charge in [0.1, 0.15) is 5.54 Å². The van der Waals surface area contributed by atoms with Gasteiger partial charge in [0.05, 0.1) is 11.3 Å². The van der Waals surface area contributed by atoms with E-state index in [0.29, 0.717) is 12.8 Å². The van der Waals surface area contributed by atoms with Crippen molar-refractivity contribution in [3.8, 4) is 6.07 Å². The van der Waals surface area contributed by atoms with Crippen molar-refractivity contribution in [1.82, 2.24) is 4.72 Å². The number of hydrogen-bond donors (Lipinski definition) is 1. The van der Waals surface area contributed by atoms with Crippen molar-refractivity contribution in [2.24, 2.45) is 0 Å². The van der Waals surface area contributed by atoms with E-state index in [-0.39, 0.29) is 5.25 Å². The Morgan fingerprint density at radius 3 is 2.06 bits per heavy atom. The molecule has 0 heterocycles. The maximum Gasteiger partial charge on any atom is 0.215 e. The van der Waals surface area contributed by atoms with Crippen LogP contribution in [0.4, 0.5) is 0 Å². The summed E-state index contributed by atoms with van der Waals surface area (Å²) < 4.78 is 26.6. The van der Waals surface area contributed by atoms with Gasteiger partial charge in [0, 0.05) is 0 Å². The van der Waals surface area contributed by atoms with Gasteiger partial charge in [0.25, 0.3) is 0 Å². The fourth-order valence-electron chi connectivity index (χ4n) is 2.48. The first-order valence-corrected chi connectivity index (χ1v) is 8.07. The minimum Gasteiger partial charge on any atom is -0.212 e. The summed E-state index contributed by atoms with van der Waals surface area (Å²) in [6, 6.07) is 2.23. The van der Waals surface area contributed by atoms with Gasteiger partial charge in [0.2, 0.25) is 10.0 Å². The summed E-state index contributed by atoms with van der Waals surface area (Å²) >= 11 is 0. The van der Waals surface area contributed by atoms with Crippen LogP contribution in [0.2, 0.25) is 0 Å². The van der Waals surface area contributed by atoms with E-state index in [4.69, 9.17) is 0 Å². The van der Waals surface area contributed by atoms with E-state index in [0.717, 1.165) is 38.5 Å². The van der Waals surface area contributed by atoms with Crippen LogP contribution in [0.5, 0.6) is 0 Å². The van der Waals surface area contributed by atoms with Crippen LogP contribution in [0, 0.1) is 11.3 Å². The molecule has 2 saturated carbocycles. The van der Waals surface area contributed by atoms with E-state index in [2.05, 4.69) is 10.8 Å². The molecule has 0 aromatic rings. The first-order valence-electron chi connectivity index (χ1n) is 6.52. The van der Waals surface area contributed by atoms with Crippen LogP contribution in [-0.4, -0.2) is 19.2 Å². The minimum absolute atomic E-state index is 0.238. The Bertz CT molecular complexity index is 399. The van der Waals surface area contributed by atoms with Crippen molar-refractivity contribution < 1.29 is 8.42 Å². The summed E-state index contributed by atoms with van der Waals surface area (Å²) in [5.74, 6) is 0. The zero-order valence-corrected chi connectivity index (χ0v) is 10.9. The molecular weight excluding hydrogens is 236 g/mol. The van der Waals surface area contributed by atoms with Crippen molar-refractivity contribution in [1.29, 1.82) is 5.26 Å². The van der Waals surface area contributed by atoms with Crippen LogP contribution < -0.4 is 4.72 Å². The molecule has 17 heavy (non-hydrogen) atoms. The fraction of sp³-hybridized carbons (Fsp3) is 0.917. The molecule has 96 valence electrons. The van der Waals surface area contributed by atoms with Crippen LogP contribution in [0.1, 0.15) is 57.8 Å². The van der Waals surface area contributed by atoms with Crippen molar-refractivity contribution in [2.45, 2.75) is 68.6 Å². The van der Waals surface area contributed by atoms with Crippen molar-refractivity contribution in [2.75, 3.05) is 0 Å². The van der Waals surface area contributed by atoms with Crippen LogP contribution in [0.15, 0.2) is 0 Å². The highest BCUT2D eigenvalue weighted by Gasteiger charge is 2.42. The maximum atomic E-state index is 12.0. The monoisotopic (exact) mass is 256 g/mol. The predicted molar refractivity (Wildman–Crippen MR) is 65.7 cm³/mol. The van der Waals surface area contributed by atoms with Gasteiger partial charge in [0.15, 0.2) is 0 Å². The Balaban J connectivity index is 2.09. The lowest BCUT2D eigenvalue weighted by atomic mass is 9.86. The van der Waals surface area contributed by atoms with E-state index in [1.54, 1.807) is 0 Å². The van der Waals surface area contributed by atoms with Gasteiger partial charge in [-0.3, -0.25) is 0 Å². The fourth-order valence-corrected chi connectivity index (χ4v) is 4.20. The Kier molecular flexibility index (Phi) is 3.74. The Morgan fingerprint density at radius 1 is 1.06 bits per heavy atom. The molecule has 0 unspecified atom stereocenters. The molecule has 2 fully saturated rings. The first-order chi connectivity index (χ1) is 8.08. The molecule has 0 aromatic heterocycles. The Hall–Kier alpha value is -0.600. The summed E-state index contributed by atoms with van der Waals surface area (Å²) in [7, 11) is -3.26. The van der Waals surface area contributed by atoms with E-state index >= 15 is 0 Å². The van der Waals surface area contributed by atoms with E-state index in [1.165, 1.54) is 6.42 Å². The number of sulfonamides is 1. The van der Waals surface area contributed by atoms with Gasteiger partial charge in [-0.2, -0.15) is 9.98 Å². The van der Waals surface area contributed by atoms with Crippen molar-refractivity contribution >= 4 is 10.0 Å².